The van der Waals surface area contributed by atoms with Crippen LogP contribution in [0.2, 0.25) is 5.02 Å². The lowest BCUT2D eigenvalue weighted by Crippen LogP contribution is -2.53. The lowest BCUT2D eigenvalue weighted by molar-refractivity contribution is -0.154. The molecular weight excluding hydrogens is 488 g/mol. The van der Waals surface area contributed by atoms with E-state index >= 15 is 0 Å². The number of likely N-dealkylation sites (tertiary alicyclic amines) is 1. The number of benzene rings is 1. The molecule has 1 unspecified atom stereocenters. The van der Waals surface area contributed by atoms with E-state index in [1.165, 1.54) is 11.8 Å². The van der Waals surface area contributed by atoms with Crippen LogP contribution in [0.25, 0.3) is 0 Å². The van der Waals surface area contributed by atoms with Gasteiger partial charge in [0.2, 0.25) is 5.91 Å². The molecule has 4 heterocycles. The molecule has 9 heteroatoms. The normalized spacial score (nSPS) is 34.1. The van der Waals surface area contributed by atoms with Crippen molar-refractivity contribution in [1.29, 1.82) is 0 Å². The van der Waals surface area contributed by atoms with E-state index in [-0.39, 0.29) is 31.0 Å². The number of aliphatic hydroxyl groups is 1. The molecule has 2 fully saturated rings. The van der Waals surface area contributed by atoms with Gasteiger partial charge in [0.25, 0.3) is 5.91 Å². The van der Waals surface area contributed by atoms with Gasteiger partial charge in [-0.25, -0.2) is 0 Å². The number of hydrogen-bond donors (Lipinski definition) is 1. The van der Waals surface area contributed by atoms with Crippen molar-refractivity contribution in [3.63, 3.8) is 0 Å². The molecular formula is C26H29ClN2O5S. The van der Waals surface area contributed by atoms with Crippen molar-refractivity contribution in [1.82, 2.24) is 4.90 Å². The van der Waals surface area contributed by atoms with Crippen LogP contribution in [-0.2, 0) is 19.1 Å². The Hall–Kier alpha value is -2.29. The van der Waals surface area contributed by atoms with E-state index in [1.807, 2.05) is 31.2 Å². The maximum absolute atomic E-state index is 14.2. The molecule has 0 radical (unpaired) electrons. The Balaban J connectivity index is 1.62. The zero-order valence-electron chi connectivity index (χ0n) is 19.6. The second-order valence-electron chi connectivity index (χ2n) is 9.65. The van der Waals surface area contributed by atoms with Crippen molar-refractivity contribution in [2.45, 2.75) is 41.7 Å². The van der Waals surface area contributed by atoms with Gasteiger partial charge in [-0.15, -0.1) is 11.8 Å². The number of amides is 2. The van der Waals surface area contributed by atoms with Crippen molar-refractivity contribution in [3.05, 3.63) is 53.6 Å². The molecule has 2 amide bonds. The molecule has 1 aromatic rings. The van der Waals surface area contributed by atoms with Gasteiger partial charge in [-0.05, 0) is 50.5 Å². The van der Waals surface area contributed by atoms with E-state index in [4.69, 9.17) is 16.3 Å². The molecule has 2 saturated heterocycles. The van der Waals surface area contributed by atoms with Gasteiger partial charge in [-0.2, -0.15) is 0 Å². The van der Waals surface area contributed by atoms with Gasteiger partial charge in [-0.3, -0.25) is 14.4 Å². The Morgan fingerprint density at radius 3 is 2.60 bits per heavy atom. The number of ether oxygens (including phenoxy) is 1. The van der Waals surface area contributed by atoms with Crippen LogP contribution in [0.15, 0.2) is 48.6 Å². The zero-order valence-corrected chi connectivity index (χ0v) is 21.1. The Morgan fingerprint density at radius 1 is 1.09 bits per heavy atom. The Morgan fingerprint density at radius 2 is 1.86 bits per heavy atom. The summed E-state index contributed by atoms with van der Waals surface area (Å²) in [5.74, 6) is -2.16. The highest BCUT2D eigenvalue weighted by Gasteiger charge is 2.73. The lowest BCUT2D eigenvalue weighted by atomic mass is 9.74. The number of nitrogens with zero attached hydrogens (tertiary/aromatic N) is 2. The number of thioether (sulfide) groups is 1. The first-order valence-corrected chi connectivity index (χ1v) is 13.2. The predicted octanol–water partition coefficient (Wildman–Crippen LogP) is 3.21. The zero-order chi connectivity index (χ0) is 24.8. The largest absolute Gasteiger partial charge is 0.465 e. The van der Waals surface area contributed by atoms with Gasteiger partial charge in [0.15, 0.2) is 0 Å². The van der Waals surface area contributed by atoms with Crippen LogP contribution in [0.4, 0.5) is 5.69 Å². The summed E-state index contributed by atoms with van der Waals surface area (Å²) in [7, 11) is 0. The fourth-order valence-electron chi connectivity index (χ4n) is 5.97. The number of esters is 1. The molecule has 1 spiro atoms. The van der Waals surface area contributed by atoms with E-state index in [1.54, 1.807) is 34.1 Å². The van der Waals surface area contributed by atoms with Crippen molar-refractivity contribution in [3.8, 4) is 0 Å². The summed E-state index contributed by atoms with van der Waals surface area (Å²) >= 11 is 7.61. The van der Waals surface area contributed by atoms with Crippen LogP contribution in [0.5, 0.6) is 0 Å². The molecule has 1 N–H and O–H groups in total. The lowest BCUT2D eigenvalue weighted by Gasteiger charge is -2.37. The summed E-state index contributed by atoms with van der Waals surface area (Å²) < 4.78 is 3.97. The minimum absolute atomic E-state index is 0.0125. The van der Waals surface area contributed by atoms with Gasteiger partial charge >= 0.3 is 5.97 Å². The Bertz CT molecular complexity index is 1090. The number of aliphatic hydroxyl groups excluding tert-OH is 1. The summed E-state index contributed by atoms with van der Waals surface area (Å²) in [6.45, 7) is 2.96. The third-order valence-electron chi connectivity index (χ3n) is 7.47. The first-order valence-electron chi connectivity index (χ1n) is 12.0. The number of carbonyl (C=O) groups excluding carboxylic acids is 3. The quantitative estimate of drug-likeness (QED) is 0.367. The third-order valence-corrected chi connectivity index (χ3v) is 9.51. The molecule has 5 rings (SSSR count). The first kappa shape index (κ1) is 24.4. The second-order valence-corrected chi connectivity index (χ2v) is 11.9. The van der Waals surface area contributed by atoms with Crippen molar-refractivity contribution in [2.24, 2.45) is 11.8 Å². The number of unbranched alkanes of at least 4 members (excludes halogenated alkanes) is 1. The Kier molecular flexibility index (Phi) is 6.48. The number of halogens is 1. The summed E-state index contributed by atoms with van der Waals surface area (Å²) in [5, 5.41) is 9.89. The van der Waals surface area contributed by atoms with Crippen LogP contribution in [0.1, 0.15) is 26.2 Å². The van der Waals surface area contributed by atoms with E-state index in [2.05, 4.69) is 0 Å². The number of hydrogen-bond acceptors (Lipinski definition) is 6. The van der Waals surface area contributed by atoms with Crippen LogP contribution < -0.4 is 4.90 Å². The Labute approximate surface area is 214 Å². The first-order chi connectivity index (χ1) is 16.8. The van der Waals surface area contributed by atoms with Gasteiger partial charge in [0.1, 0.15) is 6.04 Å². The molecule has 7 nitrogen and oxygen atoms in total. The number of carbonyl (C=O) groups is 3. The molecule has 0 bridgehead atoms. The fourth-order valence-corrected chi connectivity index (χ4v) is 8.25. The molecule has 0 saturated carbocycles. The average molecular weight is 517 g/mol. The number of fused-ring (bicyclic) bond motifs is 2. The predicted molar refractivity (Wildman–Crippen MR) is 135 cm³/mol. The van der Waals surface area contributed by atoms with Crippen LogP contribution >= 0.6 is 23.4 Å². The SMILES string of the molecule is C[C@]12C=CCCOC(=O)[C@H]1[C@H]1C(=O)N(CCCCO)C3C(=O)N(c4ccc(Cl)cc4)CC=C[C@@]31S2. The summed E-state index contributed by atoms with van der Waals surface area (Å²) in [6.07, 6.45) is 9.67. The standard InChI is InChI=1S/C26H29ClN2O5S/c1-25-11-2-5-16-34-24(33)20(25)19-22(31)29(13-3-4-15-30)21-23(32)28(14-6-12-26(19,21)35-25)18-9-7-17(27)8-10-18/h2,6-12,19-21,30H,3-5,13-16H2,1H3/t19-,20+,21?,25-,26-/m0/s1. The summed E-state index contributed by atoms with van der Waals surface area (Å²) in [6, 6.07) is 6.30. The van der Waals surface area contributed by atoms with Gasteiger partial charge in [-0.1, -0.05) is 35.9 Å². The van der Waals surface area contributed by atoms with Gasteiger partial charge < -0.3 is 19.6 Å². The van der Waals surface area contributed by atoms with E-state index in [0.717, 1.165) is 0 Å². The molecule has 186 valence electrons. The fraction of sp³-hybridized carbons (Fsp3) is 0.500. The molecule has 1 aromatic carbocycles. The van der Waals surface area contributed by atoms with E-state index in [0.29, 0.717) is 43.1 Å². The topological polar surface area (TPSA) is 87.1 Å². The molecule has 4 aliphatic rings. The maximum atomic E-state index is 14.2. The highest BCUT2D eigenvalue weighted by atomic mass is 35.5. The highest BCUT2D eigenvalue weighted by Crippen LogP contribution is 2.65. The summed E-state index contributed by atoms with van der Waals surface area (Å²) in [4.78, 5) is 44.8. The molecule has 35 heavy (non-hydrogen) atoms. The smallest absolute Gasteiger partial charge is 0.311 e. The minimum atomic E-state index is -0.901. The van der Waals surface area contributed by atoms with Crippen molar-refractivity contribution >= 4 is 46.8 Å². The molecule has 0 aliphatic carbocycles. The summed E-state index contributed by atoms with van der Waals surface area (Å²) in [5.41, 5.74) is 0.701. The second kappa shape index (κ2) is 9.30. The molecule has 5 atom stereocenters. The van der Waals surface area contributed by atoms with Gasteiger partial charge in [0.05, 0.1) is 23.2 Å². The maximum Gasteiger partial charge on any atom is 0.311 e. The van der Waals surface area contributed by atoms with Crippen molar-refractivity contribution < 1.29 is 24.2 Å². The van der Waals surface area contributed by atoms with Crippen LogP contribution in [0.3, 0.4) is 0 Å². The van der Waals surface area contributed by atoms with Crippen molar-refractivity contribution in [2.75, 3.05) is 31.2 Å². The molecule has 4 aliphatic heterocycles. The van der Waals surface area contributed by atoms with Gasteiger partial charge in [0, 0.05) is 35.2 Å². The number of rotatable bonds is 5. The number of cyclic esters (lactones) is 1. The molecule has 0 aromatic heterocycles. The number of anilines is 1. The van der Waals surface area contributed by atoms with E-state index < -0.39 is 27.4 Å². The van der Waals surface area contributed by atoms with Crippen LogP contribution in [-0.4, -0.2) is 69.6 Å². The minimum Gasteiger partial charge on any atom is -0.465 e. The monoisotopic (exact) mass is 516 g/mol. The average Bonchev–Trinajstić information content (AvgIpc) is 3.14. The highest BCUT2D eigenvalue weighted by molar-refractivity contribution is 8.02. The van der Waals surface area contributed by atoms with E-state index in [9.17, 15) is 19.5 Å². The third kappa shape index (κ3) is 3.90. The van der Waals surface area contributed by atoms with Crippen LogP contribution in [0, 0.1) is 11.8 Å².